The summed E-state index contributed by atoms with van der Waals surface area (Å²) in [7, 11) is 0. The van der Waals surface area contributed by atoms with Gasteiger partial charge in [-0.15, -0.1) is 5.10 Å². The minimum absolute atomic E-state index is 0.0764. The number of rotatable bonds is 5. The van der Waals surface area contributed by atoms with Gasteiger partial charge in [-0.3, -0.25) is 19.7 Å². The Morgan fingerprint density at radius 3 is 2.88 bits per heavy atom. The van der Waals surface area contributed by atoms with E-state index >= 15 is 0 Å². The molecule has 0 spiro atoms. The number of amidine groups is 1. The largest absolute Gasteiger partial charge is 0.326 e. The second-order valence-corrected chi connectivity index (χ2v) is 6.30. The molecule has 1 aromatic rings. The van der Waals surface area contributed by atoms with Gasteiger partial charge >= 0.3 is 0 Å². The highest BCUT2D eigenvalue weighted by Gasteiger charge is 2.32. The highest BCUT2D eigenvalue weighted by Crippen LogP contribution is 2.23. The van der Waals surface area contributed by atoms with Gasteiger partial charge in [0.2, 0.25) is 11.8 Å². The first-order chi connectivity index (χ1) is 11.3. The van der Waals surface area contributed by atoms with Gasteiger partial charge in [0.25, 0.3) is 5.69 Å². The molecule has 1 saturated heterocycles. The number of amides is 2. The molecule has 2 N–H and O–H groups in total. The molecule has 2 rings (SSSR count). The number of thioether (sulfide) groups is 1. The fraction of sp³-hybridized carbons (Fsp3) is 0.286. The van der Waals surface area contributed by atoms with Crippen LogP contribution in [0.15, 0.2) is 34.5 Å². The molecule has 0 aliphatic carbocycles. The Balaban J connectivity index is 1.96. The predicted octanol–water partition coefficient (Wildman–Crippen LogP) is 1.91. The van der Waals surface area contributed by atoms with Gasteiger partial charge in [-0.1, -0.05) is 17.8 Å². The maximum absolute atomic E-state index is 12.0. The highest BCUT2D eigenvalue weighted by atomic mass is 32.2. The third kappa shape index (κ3) is 4.88. The summed E-state index contributed by atoms with van der Waals surface area (Å²) < 4.78 is 0. The van der Waals surface area contributed by atoms with Gasteiger partial charge in [0.15, 0.2) is 5.17 Å². The Hall–Kier alpha value is -2.75. The van der Waals surface area contributed by atoms with E-state index in [2.05, 4.69) is 20.8 Å². The summed E-state index contributed by atoms with van der Waals surface area (Å²) in [5.74, 6) is -0.739. The van der Waals surface area contributed by atoms with Gasteiger partial charge in [0, 0.05) is 30.0 Å². The molecule has 1 heterocycles. The summed E-state index contributed by atoms with van der Waals surface area (Å²) in [5, 5.41) is 23.3. The second kappa shape index (κ2) is 7.68. The van der Waals surface area contributed by atoms with Crippen molar-refractivity contribution < 1.29 is 14.5 Å². The van der Waals surface area contributed by atoms with E-state index in [0.717, 1.165) is 17.5 Å². The zero-order valence-electron chi connectivity index (χ0n) is 13.0. The van der Waals surface area contributed by atoms with Crippen molar-refractivity contribution in [1.29, 1.82) is 0 Å². The van der Waals surface area contributed by atoms with E-state index in [4.69, 9.17) is 0 Å². The number of nitro benzene ring substituents is 1. The molecule has 9 nitrogen and oxygen atoms in total. The van der Waals surface area contributed by atoms with Crippen LogP contribution in [0.2, 0.25) is 0 Å². The molecule has 1 aliphatic rings. The Labute approximate surface area is 141 Å². The van der Waals surface area contributed by atoms with Crippen LogP contribution in [-0.4, -0.2) is 32.9 Å². The molecule has 2 amide bonds. The standard InChI is InChI=1S/C14H15N5O4S/c1-8(2)17-18-14-16-13(21)11(24-14)7-12(20)15-9-4-3-5-10(6-9)19(22)23/h3-6,11H,7H2,1-2H3,(H,15,20)(H,16,18,21)/t11-/m0/s1. The van der Waals surface area contributed by atoms with E-state index < -0.39 is 16.1 Å². The van der Waals surface area contributed by atoms with E-state index in [1.54, 1.807) is 19.9 Å². The van der Waals surface area contributed by atoms with Gasteiger partial charge in [0.05, 0.1) is 4.92 Å². The molecule has 0 unspecified atom stereocenters. The normalized spacial score (nSPS) is 18.2. The lowest BCUT2D eigenvalue weighted by atomic mass is 10.2. The summed E-state index contributed by atoms with van der Waals surface area (Å²) in [6, 6.07) is 5.60. The number of carbonyl (C=O) groups excluding carboxylic acids is 2. The van der Waals surface area contributed by atoms with E-state index in [1.165, 1.54) is 18.2 Å². The Bertz CT molecular complexity index is 742. The van der Waals surface area contributed by atoms with E-state index in [9.17, 15) is 19.7 Å². The summed E-state index contributed by atoms with van der Waals surface area (Å²) >= 11 is 1.12. The third-order valence-electron chi connectivity index (χ3n) is 2.83. The van der Waals surface area contributed by atoms with Crippen LogP contribution in [0.1, 0.15) is 20.3 Å². The number of hydrogen-bond acceptors (Lipinski definition) is 7. The first kappa shape index (κ1) is 17.6. The molecule has 126 valence electrons. The Kier molecular flexibility index (Phi) is 5.64. The van der Waals surface area contributed by atoms with Crippen molar-refractivity contribution in [2.75, 3.05) is 5.32 Å². The number of hydrogen-bond donors (Lipinski definition) is 2. The van der Waals surface area contributed by atoms with Gasteiger partial charge in [-0.2, -0.15) is 5.10 Å². The van der Waals surface area contributed by atoms with Crippen LogP contribution < -0.4 is 10.6 Å². The van der Waals surface area contributed by atoms with Gasteiger partial charge in [-0.25, -0.2) is 0 Å². The van der Waals surface area contributed by atoms with Gasteiger partial charge in [0.1, 0.15) is 5.25 Å². The van der Waals surface area contributed by atoms with Crippen molar-refractivity contribution in [3.8, 4) is 0 Å². The smallest absolute Gasteiger partial charge is 0.271 e. The summed E-state index contributed by atoms with van der Waals surface area (Å²) in [4.78, 5) is 34.0. The lowest BCUT2D eigenvalue weighted by Crippen LogP contribution is -2.28. The number of nitrogens with zero attached hydrogens (tertiary/aromatic N) is 3. The summed E-state index contributed by atoms with van der Waals surface area (Å²) in [6.07, 6.45) is -0.0764. The van der Waals surface area contributed by atoms with Crippen LogP contribution in [0.4, 0.5) is 11.4 Å². The van der Waals surface area contributed by atoms with Crippen molar-refractivity contribution in [2.24, 2.45) is 10.2 Å². The van der Waals surface area contributed by atoms with Gasteiger partial charge < -0.3 is 10.6 Å². The predicted molar refractivity (Wildman–Crippen MR) is 92.1 cm³/mol. The van der Waals surface area contributed by atoms with E-state index in [-0.39, 0.29) is 18.0 Å². The Morgan fingerprint density at radius 2 is 2.21 bits per heavy atom. The quantitative estimate of drug-likeness (QED) is 0.477. The lowest BCUT2D eigenvalue weighted by Gasteiger charge is -2.07. The first-order valence-corrected chi connectivity index (χ1v) is 7.84. The molecular weight excluding hydrogens is 334 g/mol. The molecule has 24 heavy (non-hydrogen) atoms. The number of anilines is 1. The molecule has 0 radical (unpaired) electrons. The molecule has 0 saturated carbocycles. The Morgan fingerprint density at radius 1 is 1.46 bits per heavy atom. The molecule has 10 heteroatoms. The van der Waals surface area contributed by atoms with Crippen LogP contribution in [0.5, 0.6) is 0 Å². The van der Waals surface area contributed by atoms with Crippen molar-refractivity contribution in [3.63, 3.8) is 0 Å². The molecular formula is C14H15N5O4S. The monoisotopic (exact) mass is 349 g/mol. The second-order valence-electron chi connectivity index (χ2n) is 5.11. The van der Waals surface area contributed by atoms with Crippen LogP contribution in [0.3, 0.4) is 0 Å². The molecule has 1 aliphatic heterocycles. The average Bonchev–Trinajstić information content (AvgIpc) is 2.85. The number of carbonyl (C=O) groups is 2. The molecule has 1 atom stereocenters. The van der Waals surface area contributed by atoms with Crippen molar-refractivity contribution in [1.82, 2.24) is 5.32 Å². The first-order valence-electron chi connectivity index (χ1n) is 6.96. The van der Waals surface area contributed by atoms with Crippen molar-refractivity contribution in [2.45, 2.75) is 25.5 Å². The fourth-order valence-corrected chi connectivity index (χ4v) is 2.73. The van der Waals surface area contributed by atoms with Crippen LogP contribution in [0, 0.1) is 10.1 Å². The molecule has 0 bridgehead atoms. The van der Waals surface area contributed by atoms with Crippen LogP contribution in [0.25, 0.3) is 0 Å². The molecule has 1 aromatic carbocycles. The number of non-ortho nitro benzene ring substituents is 1. The zero-order valence-corrected chi connectivity index (χ0v) is 13.8. The van der Waals surface area contributed by atoms with Crippen molar-refractivity contribution >= 4 is 45.8 Å². The average molecular weight is 349 g/mol. The summed E-state index contributed by atoms with van der Waals surface area (Å²) in [6.45, 7) is 3.55. The third-order valence-corrected chi connectivity index (χ3v) is 3.90. The fourth-order valence-electron chi connectivity index (χ4n) is 1.81. The molecule has 1 fully saturated rings. The maximum atomic E-state index is 12.0. The van der Waals surface area contributed by atoms with Crippen molar-refractivity contribution in [3.05, 3.63) is 34.4 Å². The number of benzene rings is 1. The SMILES string of the molecule is CC(C)=N/N=C1/NC(=O)[C@H](CC(=O)Nc2cccc([N+](=O)[O-])c2)S1. The topological polar surface area (TPSA) is 126 Å². The zero-order chi connectivity index (χ0) is 17.7. The van der Waals surface area contributed by atoms with Crippen LogP contribution in [-0.2, 0) is 9.59 Å². The van der Waals surface area contributed by atoms with Crippen LogP contribution >= 0.6 is 11.8 Å². The summed E-state index contributed by atoms with van der Waals surface area (Å²) in [5.41, 5.74) is 0.921. The number of nitro groups is 1. The van der Waals surface area contributed by atoms with E-state index in [1.807, 2.05) is 0 Å². The lowest BCUT2D eigenvalue weighted by molar-refractivity contribution is -0.384. The van der Waals surface area contributed by atoms with Gasteiger partial charge in [-0.05, 0) is 19.9 Å². The highest BCUT2D eigenvalue weighted by molar-refractivity contribution is 8.15. The maximum Gasteiger partial charge on any atom is 0.271 e. The minimum Gasteiger partial charge on any atom is -0.326 e. The number of nitrogens with one attached hydrogen (secondary N) is 2. The molecule has 0 aromatic heterocycles. The van der Waals surface area contributed by atoms with E-state index in [0.29, 0.717) is 10.9 Å². The minimum atomic E-state index is -0.616.